The molecule has 76 valence electrons. The minimum atomic E-state index is -0.0706. The van der Waals surface area contributed by atoms with E-state index in [0.717, 1.165) is 12.8 Å². The van der Waals surface area contributed by atoms with E-state index in [1.165, 1.54) is 12.8 Å². The van der Waals surface area contributed by atoms with Gasteiger partial charge in [0.25, 0.3) is 0 Å². The summed E-state index contributed by atoms with van der Waals surface area (Å²) >= 11 is 0. The highest BCUT2D eigenvalue weighted by molar-refractivity contribution is 5.38. The predicted molar refractivity (Wildman–Crippen MR) is 55.6 cm³/mol. The van der Waals surface area contributed by atoms with E-state index in [4.69, 9.17) is 4.74 Å². The maximum Gasteiger partial charge on any atom is 0.161 e. The number of rotatable bonds is 2. The normalized spacial score (nSPS) is 19.5. The van der Waals surface area contributed by atoms with E-state index < -0.39 is 0 Å². The van der Waals surface area contributed by atoms with E-state index in [1.807, 2.05) is 12.1 Å². The highest BCUT2D eigenvalue weighted by atomic mass is 16.5. The molecule has 0 radical (unpaired) electrons. The molecule has 0 amide bonds. The largest absolute Gasteiger partial charge is 0.504 e. The average molecular weight is 192 g/mol. The second-order valence-electron chi connectivity index (χ2n) is 4.23. The molecule has 0 atom stereocenters. The number of hydrogen-bond acceptors (Lipinski definition) is 2. The van der Waals surface area contributed by atoms with Crippen LogP contribution in [0.4, 0.5) is 0 Å². The fraction of sp³-hybridized carbons (Fsp3) is 0.500. The highest BCUT2D eigenvalue weighted by Crippen LogP contribution is 2.36. The van der Waals surface area contributed by atoms with Crippen molar-refractivity contribution in [1.82, 2.24) is 0 Å². The number of phenolic OH excluding ortho intramolecular Hbond substituents is 1. The summed E-state index contributed by atoms with van der Waals surface area (Å²) < 4.78 is 5.84. The molecule has 1 aromatic rings. The van der Waals surface area contributed by atoms with Gasteiger partial charge in [0.2, 0.25) is 0 Å². The smallest absolute Gasteiger partial charge is 0.161 e. The molecule has 1 aromatic carbocycles. The van der Waals surface area contributed by atoms with Gasteiger partial charge in [-0.15, -0.1) is 0 Å². The van der Waals surface area contributed by atoms with Crippen LogP contribution in [0.1, 0.15) is 32.6 Å². The van der Waals surface area contributed by atoms with Crippen LogP contribution in [0.25, 0.3) is 0 Å². The minimum Gasteiger partial charge on any atom is -0.504 e. The van der Waals surface area contributed by atoms with Crippen molar-refractivity contribution in [2.45, 2.75) is 38.2 Å². The van der Waals surface area contributed by atoms with Crippen LogP contribution < -0.4 is 4.74 Å². The Kier molecular flexibility index (Phi) is 2.36. The summed E-state index contributed by atoms with van der Waals surface area (Å²) in [5.41, 5.74) is -0.0706. The van der Waals surface area contributed by atoms with E-state index in [2.05, 4.69) is 6.92 Å². The Bertz CT molecular complexity index is 314. The Morgan fingerprint density at radius 1 is 1.21 bits per heavy atom. The van der Waals surface area contributed by atoms with Gasteiger partial charge in [0.1, 0.15) is 5.60 Å². The number of aromatic hydroxyl groups is 1. The van der Waals surface area contributed by atoms with Gasteiger partial charge in [0.15, 0.2) is 11.5 Å². The Morgan fingerprint density at radius 2 is 1.86 bits per heavy atom. The zero-order valence-corrected chi connectivity index (χ0v) is 8.49. The molecule has 2 nitrogen and oxygen atoms in total. The summed E-state index contributed by atoms with van der Waals surface area (Å²) in [7, 11) is 0. The molecule has 0 aliphatic heterocycles. The van der Waals surface area contributed by atoms with Gasteiger partial charge in [0, 0.05) is 0 Å². The van der Waals surface area contributed by atoms with Crippen LogP contribution >= 0.6 is 0 Å². The molecule has 2 rings (SSSR count). The minimum absolute atomic E-state index is 0.0706. The SMILES string of the molecule is CC1(Oc2ccccc2O)CCCC1. The first-order valence-electron chi connectivity index (χ1n) is 5.17. The number of ether oxygens (including phenoxy) is 1. The third-order valence-corrected chi connectivity index (χ3v) is 2.88. The second kappa shape index (κ2) is 3.52. The van der Waals surface area contributed by atoms with Crippen molar-refractivity contribution in [3.05, 3.63) is 24.3 Å². The van der Waals surface area contributed by atoms with Gasteiger partial charge < -0.3 is 9.84 Å². The summed E-state index contributed by atoms with van der Waals surface area (Å²) in [6.45, 7) is 2.12. The van der Waals surface area contributed by atoms with Crippen LogP contribution in [0.5, 0.6) is 11.5 Å². The molecule has 0 heterocycles. The average Bonchev–Trinajstić information content (AvgIpc) is 2.57. The van der Waals surface area contributed by atoms with Gasteiger partial charge in [0.05, 0.1) is 0 Å². The fourth-order valence-corrected chi connectivity index (χ4v) is 2.03. The summed E-state index contributed by atoms with van der Waals surface area (Å²) in [6.07, 6.45) is 4.62. The summed E-state index contributed by atoms with van der Waals surface area (Å²) in [5, 5.41) is 9.56. The maximum absolute atomic E-state index is 9.56. The van der Waals surface area contributed by atoms with Crippen molar-refractivity contribution < 1.29 is 9.84 Å². The Balaban J connectivity index is 2.14. The van der Waals surface area contributed by atoms with Crippen molar-refractivity contribution in [3.8, 4) is 11.5 Å². The number of benzene rings is 1. The van der Waals surface area contributed by atoms with Crippen LogP contribution in [0.15, 0.2) is 24.3 Å². The summed E-state index contributed by atoms with van der Waals surface area (Å²) in [4.78, 5) is 0. The van der Waals surface area contributed by atoms with Crippen molar-refractivity contribution in [1.29, 1.82) is 0 Å². The van der Waals surface area contributed by atoms with Crippen LogP contribution in [-0.4, -0.2) is 10.7 Å². The first-order chi connectivity index (χ1) is 6.70. The molecule has 1 aliphatic carbocycles. The van der Waals surface area contributed by atoms with Crippen LogP contribution in [0.2, 0.25) is 0 Å². The van der Waals surface area contributed by atoms with Crippen LogP contribution in [0.3, 0.4) is 0 Å². The zero-order valence-electron chi connectivity index (χ0n) is 8.49. The van der Waals surface area contributed by atoms with E-state index in [-0.39, 0.29) is 11.4 Å². The topological polar surface area (TPSA) is 29.5 Å². The van der Waals surface area contributed by atoms with E-state index in [0.29, 0.717) is 5.75 Å². The molecule has 1 fully saturated rings. The van der Waals surface area contributed by atoms with Gasteiger partial charge in [-0.25, -0.2) is 0 Å². The Morgan fingerprint density at radius 3 is 2.50 bits per heavy atom. The lowest BCUT2D eigenvalue weighted by molar-refractivity contribution is 0.0929. The van der Waals surface area contributed by atoms with Gasteiger partial charge in [-0.1, -0.05) is 12.1 Å². The standard InChI is InChI=1S/C12H16O2/c1-12(8-4-5-9-12)14-11-7-3-2-6-10(11)13/h2-3,6-7,13H,4-5,8-9H2,1H3. The first kappa shape index (κ1) is 9.38. The lowest BCUT2D eigenvalue weighted by Gasteiger charge is -2.25. The molecule has 0 saturated heterocycles. The van der Waals surface area contributed by atoms with Gasteiger partial charge in [-0.2, -0.15) is 0 Å². The monoisotopic (exact) mass is 192 g/mol. The first-order valence-corrected chi connectivity index (χ1v) is 5.17. The third kappa shape index (κ3) is 1.84. The second-order valence-corrected chi connectivity index (χ2v) is 4.23. The highest BCUT2D eigenvalue weighted by Gasteiger charge is 2.31. The molecule has 2 heteroatoms. The fourth-order valence-electron chi connectivity index (χ4n) is 2.03. The number of para-hydroxylation sites is 2. The van der Waals surface area contributed by atoms with Crippen LogP contribution in [-0.2, 0) is 0 Å². The molecule has 14 heavy (non-hydrogen) atoms. The molecular formula is C12H16O2. The zero-order chi connectivity index (χ0) is 10.0. The molecule has 1 aliphatic rings. The molecule has 0 spiro atoms. The predicted octanol–water partition coefficient (Wildman–Crippen LogP) is 3.10. The van der Waals surface area contributed by atoms with Crippen molar-refractivity contribution >= 4 is 0 Å². The number of phenols is 1. The van der Waals surface area contributed by atoms with E-state index in [9.17, 15) is 5.11 Å². The quantitative estimate of drug-likeness (QED) is 0.780. The van der Waals surface area contributed by atoms with Gasteiger partial charge in [-0.05, 0) is 44.7 Å². The van der Waals surface area contributed by atoms with Crippen molar-refractivity contribution in [3.63, 3.8) is 0 Å². The maximum atomic E-state index is 9.56. The summed E-state index contributed by atoms with van der Waals surface area (Å²) in [6, 6.07) is 7.17. The van der Waals surface area contributed by atoms with Crippen molar-refractivity contribution in [2.24, 2.45) is 0 Å². The molecular weight excluding hydrogens is 176 g/mol. The van der Waals surface area contributed by atoms with Gasteiger partial charge >= 0.3 is 0 Å². The third-order valence-electron chi connectivity index (χ3n) is 2.88. The lowest BCUT2D eigenvalue weighted by Crippen LogP contribution is -2.27. The lowest BCUT2D eigenvalue weighted by atomic mass is 10.1. The molecule has 1 N–H and O–H groups in total. The summed E-state index contributed by atoms with van der Waals surface area (Å²) in [5.74, 6) is 0.845. The molecule has 0 aromatic heterocycles. The molecule has 0 bridgehead atoms. The Hall–Kier alpha value is -1.18. The molecule has 1 saturated carbocycles. The van der Waals surface area contributed by atoms with E-state index in [1.54, 1.807) is 12.1 Å². The number of hydrogen-bond donors (Lipinski definition) is 1. The van der Waals surface area contributed by atoms with Gasteiger partial charge in [-0.3, -0.25) is 0 Å². The Labute approximate surface area is 84.5 Å². The van der Waals surface area contributed by atoms with Crippen molar-refractivity contribution in [2.75, 3.05) is 0 Å². The molecule has 0 unspecified atom stereocenters. The van der Waals surface area contributed by atoms with E-state index >= 15 is 0 Å². The van der Waals surface area contributed by atoms with Crippen LogP contribution in [0, 0.1) is 0 Å².